The fourth-order valence-electron chi connectivity index (χ4n) is 3.71. The Hall–Kier alpha value is -3.17. The molecule has 2 saturated heterocycles. The molecule has 1 aromatic heterocycles. The summed E-state index contributed by atoms with van der Waals surface area (Å²) in [6, 6.07) is 7.79. The quantitative estimate of drug-likeness (QED) is 0.734. The van der Waals surface area contributed by atoms with Crippen molar-refractivity contribution >= 4 is 35.4 Å². The molecule has 0 radical (unpaired) electrons. The summed E-state index contributed by atoms with van der Waals surface area (Å²) >= 11 is 0. The molecule has 4 rings (SSSR count). The molecule has 0 spiro atoms. The van der Waals surface area contributed by atoms with Crippen molar-refractivity contribution in [2.45, 2.75) is 6.92 Å². The van der Waals surface area contributed by atoms with E-state index in [9.17, 15) is 4.79 Å². The van der Waals surface area contributed by atoms with E-state index in [0.717, 1.165) is 22.9 Å². The zero-order chi connectivity index (χ0) is 22.3. The Morgan fingerprint density at radius 2 is 1.47 bits per heavy atom. The van der Waals surface area contributed by atoms with Crippen molar-refractivity contribution in [3.63, 3.8) is 0 Å². The van der Waals surface area contributed by atoms with Crippen molar-refractivity contribution in [3.05, 3.63) is 35.7 Å². The molecule has 2 aliphatic rings. The number of anilines is 3. The van der Waals surface area contributed by atoms with Crippen LogP contribution < -0.4 is 19.9 Å². The van der Waals surface area contributed by atoms with Gasteiger partial charge in [-0.1, -0.05) is 18.2 Å². The number of hydrogen-bond acceptors (Lipinski definition) is 8. The van der Waals surface area contributed by atoms with E-state index in [1.54, 1.807) is 7.11 Å². The number of carbonyl (C=O) groups is 1. The second-order valence-electron chi connectivity index (χ2n) is 7.59. The minimum atomic E-state index is -0.154. The summed E-state index contributed by atoms with van der Waals surface area (Å²) < 4.78 is 16.3. The van der Waals surface area contributed by atoms with Gasteiger partial charge in [0.25, 0.3) is 0 Å². The van der Waals surface area contributed by atoms with Crippen molar-refractivity contribution in [1.82, 2.24) is 9.97 Å². The molecular formula is C23H29N5O4. The molecular weight excluding hydrogens is 410 g/mol. The third-order valence-corrected chi connectivity index (χ3v) is 5.35. The average Bonchev–Trinajstić information content (AvgIpc) is 2.84. The summed E-state index contributed by atoms with van der Waals surface area (Å²) in [6.07, 6.45) is 3.87. The lowest BCUT2D eigenvalue weighted by atomic mass is 10.2. The highest BCUT2D eigenvalue weighted by Crippen LogP contribution is 2.34. The van der Waals surface area contributed by atoms with E-state index in [-0.39, 0.29) is 5.91 Å². The van der Waals surface area contributed by atoms with Crippen LogP contribution in [0, 0.1) is 0 Å². The van der Waals surface area contributed by atoms with Crippen LogP contribution in [0.4, 0.5) is 17.3 Å². The number of rotatable bonds is 6. The lowest BCUT2D eigenvalue weighted by Gasteiger charge is -2.33. The molecule has 32 heavy (non-hydrogen) atoms. The fraction of sp³-hybridized carbons (Fsp3) is 0.435. The van der Waals surface area contributed by atoms with Crippen LogP contribution in [0.3, 0.4) is 0 Å². The maximum absolute atomic E-state index is 12.1. The number of amides is 1. The second-order valence-corrected chi connectivity index (χ2v) is 7.59. The highest BCUT2D eigenvalue weighted by molar-refractivity contribution is 5.96. The lowest BCUT2D eigenvalue weighted by molar-refractivity contribution is -0.114. The number of nitrogens with zero attached hydrogens (tertiary/aromatic N) is 4. The Kier molecular flexibility index (Phi) is 7.18. The van der Waals surface area contributed by atoms with Gasteiger partial charge in [0, 0.05) is 33.1 Å². The summed E-state index contributed by atoms with van der Waals surface area (Å²) in [5.74, 6) is 2.67. The smallest absolute Gasteiger partial charge is 0.221 e. The summed E-state index contributed by atoms with van der Waals surface area (Å²) in [5.41, 5.74) is 1.66. The number of hydrogen-bond donors (Lipinski definition) is 1. The van der Waals surface area contributed by atoms with Gasteiger partial charge in [-0.05, 0) is 23.8 Å². The molecule has 0 aliphatic carbocycles. The summed E-state index contributed by atoms with van der Waals surface area (Å²) in [6.45, 7) is 6.79. The third kappa shape index (κ3) is 5.35. The van der Waals surface area contributed by atoms with Gasteiger partial charge in [0.2, 0.25) is 5.91 Å². The SMILES string of the molecule is COc1ccc(C=Cc2nc(N3CCOCC3)c(NC(C)=O)c(N3CCOCC3)n2)cc1. The standard InChI is InChI=1S/C23H29N5O4/c1-17(29)24-21-22(27-9-13-31-14-10-27)25-20(26-23(21)28-11-15-32-16-12-28)8-5-18-3-6-19(30-2)7-4-18/h3-8H,9-16H2,1-2H3,(H,24,29). The van der Waals surface area contributed by atoms with E-state index >= 15 is 0 Å². The van der Waals surface area contributed by atoms with Crippen molar-refractivity contribution in [3.8, 4) is 5.75 Å². The number of nitrogens with one attached hydrogen (secondary N) is 1. The van der Waals surface area contributed by atoms with Crippen LogP contribution in [0.15, 0.2) is 24.3 Å². The van der Waals surface area contributed by atoms with Gasteiger partial charge in [0.05, 0.1) is 33.5 Å². The Morgan fingerprint density at radius 3 is 1.94 bits per heavy atom. The van der Waals surface area contributed by atoms with E-state index < -0.39 is 0 Å². The summed E-state index contributed by atoms with van der Waals surface area (Å²) in [5, 5.41) is 2.98. The molecule has 9 heteroatoms. The zero-order valence-corrected chi connectivity index (χ0v) is 18.5. The number of ether oxygens (including phenoxy) is 3. The largest absolute Gasteiger partial charge is 0.497 e. The van der Waals surface area contributed by atoms with Crippen molar-refractivity contribution < 1.29 is 19.0 Å². The van der Waals surface area contributed by atoms with E-state index in [1.807, 2.05) is 36.4 Å². The molecule has 3 heterocycles. The molecule has 0 saturated carbocycles. The van der Waals surface area contributed by atoms with Gasteiger partial charge in [-0.3, -0.25) is 4.79 Å². The van der Waals surface area contributed by atoms with E-state index in [0.29, 0.717) is 64.1 Å². The number of methoxy groups -OCH3 is 1. The molecule has 2 aromatic rings. The number of morpholine rings is 2. The maximum Gasteiger partial charge on any atom is 0.221 e. The van der Waals surface area contributed by atoms with E-state index in [1.165, 1.54) is 6.92 Å². The Bertz CT molecular complexity index is 912. The second kappa shape index (κ2) is 10.4. The first-order valence-corrected chi connectivity index (χ1v) is 10.8. The maximum atomic E-state index is 12.1. The molecule has 9 nitrogen and oxygen atoms in total. The van der Waals surface area contributed by atoms with Crippen LogP contribution in [0.1, 0.15) is 18.3 Å². The molecule has 1 amide bonds. The lowest BCUT2D eigenvalue weighted by Crippen LogP contribution is -2.40. The van der Waals surface area contributed by atoms with Crippen molar-refractivity contribution in [1.29, 1.82) is 0 Å². The first-order valence-electron chi connectivity index (χ1n) is 10.8. The van der Waals surface area contributed by atoms with E-state index in [2.05, 4.69) is 15.1 Å². The van der Waals surface area contributed by atoms with Crippen LogP contribution in [0.2, 0.25) is 0 Å². The predicted molar refractivity (Wildman–Crippen MR) is 124 cm³/mol. The highest BCUT2D eigenvalue weighted by Gasteiger charge is 2.25. The monoisotopic (exact) mass is 439 g/mol. The fourth-order valence-corrected chi connectivity index (χ4v) is 3.71. The zero-order valence-electron chi connectivity index (χ0n) is 18.5. The average molecular weight is 440 g/mol. The molecule has 1 N–H and O–H groups in total. The van der Waals surface area contributed by atoms with Gasteiger partial charge < -0.3 is 29.3 Å². The number of aromatic nitrogens is 2. The first-order chi connectivity index (χ1) is 15.6. The molecule has 2 fully saturated rings. The van der Waals surface area contributed by atoms with Gasteiger partial charge in [0.15, 0.2) is 17.5 Å². The van der Waals surface area contributed by atoms with Gasteiger partial charge >= 0.3 is 0 Å². The molecule has 0 unspecified atom stereocenters. The van der Waals surface area contributed by atoms with E-state index in [4.69, 9.17) is 24.2 Å². The topological polar surface area (TPSA) is 89.1 Å². The van der Waals surface area contributed by atoms with Crippen LogP contribution in [0.5, 0.6) is 5.75 Å². The minimum absolute atomic E-state index is 0.154. The van der Waals surface area contributed by atoms with Crippen LogP contribution in [-0.4, -0.2) is 75.6 Å². The van der Waals surface area contributed by atoms with Gasteiger partial charge in [-0.2, -0.15) is 0 Å². The number of benzene rings is 1. The Labute approximate surface area is 188 Å². The summed E-state index contributed by atoms with van der Waals surface area (Å²) in [7, 11) is 1.65. The Morgan fingerprint density at radius 1 is 0.938 bits per heavy atom. The van der Waals surface area contributed by atoms with Crippen LogP contribution in [-0.2, 0) is 14.3 Å². The minimum Gasteiger partial charge on any atom is -0.497 e. The summed E-state index contributed by atoms with van der Waals surface area (Å²) in [4.78, 5) is 26.0. The van der Waals surface area contributed by atoms with Crippen molar-refractivity contribution in [2.24, 2.45) is 0 Å². The van der Waals surface area contributed by atoms with Gasteiger partial charge in [0.1, 0.15) is 11.4 Å². The first kappa shape index (κ1) is 22.0. The van der Waals surface area contributed by atoms with Gasteiger partial charge in [-0.25, -0.2) is 9.97 Å². The predicted octanol–water partition coefficient (Wildman–Crippen LogP) is 2.29. The molecule has 170 valence electrons. The number of carbonyl (C=O) groups excluding carboxylic acids is 1. The van der Waals surface area contributed by atoms with Crippen molar-refractivity contribution in [2.75, 3.05) is 74.8 Å². The normalized spacial score (nSPS) is 16.9. The van der Waals surface area contributed by atoms with Gasteiger partial charge in [-0.15, -0.1) is 0 Å². The third-order valence-electron chi connectivity index (χ3n) is 5.35. The molecule has 1 aromatic carbocycles. The Balaban J connectivity index is 1.74. The van der Waals surface area contributed by atoms with Crippen LogP contribution >= 0.6 is 0 Å². The highest BCUT2D eigenvalue weighted by atomic mass is 16.5. The molecule has 0 bridgehead atoms. The molecule has 2 aliphatic heterocycles. The van der Waals surface area contributed by atoms with Crippen LogP contribution in [0.25, 0.3) is 12.2 Å². The molecule has 0 atom stereocenters.